The van der Waals surface area contributed by atoms with E-state index in [0.29, 0.717) is 0 Å². The van der Waals surface area contributed by atoms with Gasteiger partial charge >= 0.3 is 5.97 Å². The van der Waals surface area contributed by atoms with Crippen LogP contribution in [0.5, 0.6) is 0 Å². The average Bonchev–Trinajstić information content (AvgIpc) is 1.82. The molecule has 0 aliphatic carbocycles. The highest BCUT2D eigenvalue weighted by Gasteiger charge is 2.02. The summed E-state index contributed by atoms with van der Waals surface area (Å²) in [6.07, 6.45) is 0.941. The molecule has 0 aliphatic rings. The molecular weight excluding hydrogens is 128 g/mol. The van der Waals surface area contributed by atoms with Gasteiger partial charge in [-0.15, -0.1) is 5.92 Å². The largest absolute Gasteiger partial charge is 0.481 e. The molecule has 1 N–H and O–H groups in total. The Hall–Kier alpha value is -0.970. The second-order valence-corrected chi connectivity index (χ2v) is 2.17. The van der Waals surface area contributed by atoms with Crippen molar-refractivity contribution in [2.45, 2.75) is 26.7 Å². The van der Waals surface area contributed by atoms with Crippen LogP contribution in [0.3, 0.4) is 0 Å². The van der Waals surface area contributed by atoms with Gasteiger partial charge in [-0.05, 0) is 0 Å². The van der Waals surface area contributed by atoms with Crippen molar-refractivity contribution in [2.75, 3.05) is 0 Å². The molecule has 0 heterocycles. The first kappa shape index (κ1) is 9.03. The van der Waals surface area contributed by atoms with E-state index in [1.165, 1.54) is 0 Å². The van der Waals surface area contributed by atoms with Crippen LogP contribution in [-0.4, -0.2) is 11.1 Å². The Kier molecular flexibility index (Phi) is 4.39. The summed E-state index contributed by atoms with van der Waals surface area (Å²) in [6, 6.07) is 0. The van der Waals surface area contributed by atoms with Crippen molar-refractivity contribution in [3.63, 3.8) is 0 Å². The predicted octanol–water partition coefficient (Wildman–Crippen LogP) is 1.51. The van der Waals surface area contributed by atoms with Crippen molar-refractivity contribution >= 4 is 5.97 Å². The normalized spacial score (nSPS) is 11.4. The molecule has 0 fully saturated rings. The van der Waals surface area contributed by atoms with E-state index in [1.807, 2.05) is 13.8 Å². The van der Waals surface area contributed by atoms with Crippen molar-refractivity contribution in [1.29, 1.82) is 0 Å². The summed E-state index contributed by atoms with van der Waals surface area (Å²) in [5.74, 6) is 4.88. The molecular formula is C8H12O2. The Morgan fingerprint density at radius 1 is 1.70 bits per heavy atom. The smallest absolute Gasteiger partial charge is 0.304 e. The van der Waals surface area contributed by atoms with E-state index in [0.717, 1.165) is 6.42 Å². The Morgan fingerprint density at radius 2 is 2.30 bits per heavy atom. The van der Waals surface area contributed by atoms with Crippen LogP contribution in [0.25, 0.3) is 0 Å². The molecule has 56 valence electrons. The Bertz CT molecular complexity index is 162. The van der Waals surface area contributed by atoms with Crippen LogP contribution in [-0.2, 0) is 4.79 Å². The van der Waals surface area contributed by atoms with Crippen LogP contribution in [0.1, 0.15) is 26.7 Å². The van der Waals surface area contributed by atoms with Crippen LogP contribution in [0.4, 0.5) is 0 Å². The first-order valence-corrected chi connectivity index (χ1v) is 3.37. The van der Waals surface area contributed by atoms with E-state index >= 15 is 0 Å². The third-order valence-corrected chi connectivity index (χ3v) is 1.01. The van der Waals surface area contributed by atoms with Gasteiger partial charge in [0.2, 0.25) is 0 Å². The zero-order chi connectivity index (χ0) is 7.98. The highest BCUT2D eigenvalue weighted by molar-refractivity contribution is 5.67. The van der Waals surface area contributed by atoms with E-state index < -0.39 is 5.97 Å². The minimum absolute atomic E-state index is 0.0163. The monoisotopic (exact) mass is 140 g/mol. The topological polar surface area (TPSA) is 37.3 Å². The molecule has 2 heteroatoms. The highest BCUT2D eigenvalue weighted by atomic mass is 16.4. The van der Waals surface area contributed by atoms with E-state index in [4.69, 9.17) is 5.11 Å². The van der Waals surface area contributed by atoms with E-state index in [-0.39, 0.29) is 12.3 Å². The van der Waals surface area contributed by atoms with Crippen molar-refractivity contribution in [3.8, 4) is 11.8 Å². The molecule has 0 radical (unpaired) electrons. The number of hydrogen-bond donors (Lipinski definition) is 1. The maximum atomic E-state index is 10.1. The maximum Gasteiger partial charge on any atom is 0.304 e. The van der Waals surface area contributed by atoms with Gasteiger partial charge in [-0.25, -0.2) is 0 Å². The molecule has 0 bridgehead atoms. The Labute approximate surface area is 61.2 Å². The molecule has 0 spiro atoms. The van der Waals surface area contributed by atoms with Gasteiger partial charge in [-0.3, -0.25) is 4.79 Å². The van der Waals surface area contributed by atoms with Crippen LogP contribution in [0.2, 0.25) is 0 Å². The number of carboxylic acids is 1. The number of hydrogen-bond acceptors (Lipinski definition) is 1. The van der Waals surface area contributed by atoms with E-state index in [1.54, 1.807) is 0 Å². The Morgan fingerprint density at radius 3 is 2.70 bits per heavy atom. The molecule has 0 aliphatic heterocycles. The molecule has 1 atom stereocenters. The minimum atomic E-state index is -0.780. The quantitative estimate of drug-likeness (QED) is 0.590. The van der Waals surface area contributed by atoms with Crippen molar-refractivity contribution in [3.05, 3.63) is 0 Å². The van der Waals surface area contributed by atoms with E-state index in [9.17, 15) is 4.79 Å². The second kappa shape index (κ2) is 4.87. The van der Waals surface area contributed by atoms with E-state index in [2.05, 4.69) is 11.8 Å². The van der Waals surface area contributed by atoms with Crippen molar-refractivity contribution in [1.82, 2.24) is 0 Å². The molecule has 1 unspecified atom stereocenters. The summed E-state index contributed by atoms with van der Waals surface area (Å²) in [4.78, 5) is 10.1. The molecule has 0 saturated carbocycles. The number of aliphatic carboxylic acids is 1. The summed E-state index contributed by atoms with van der Waals surface area (Å²) >= 11 is 0. The highest BCUT2D eigenvalue weighted by Crippen LogP contribution is 1.98. The molecule has 0 aromatic rings. The lowest BCUT2D eigenvalue weighted by Crippen LogP contribution is -2.01. The average molecular weight is 140 g/mol. The third kappa shape index (κ3) is 5.17. The minimum Gasteiger partial charge on any atom is -0.481 e. The lowest BCUT2D eigenvalue weighted by atomic mass is 10.1. The summed E-state index contributed by atoms with van der Waals surface area (Å²) < 4.78 is 0. The fraction of sp³-hybridized carbons (Fsp3) is 0.625. The number of rotatable bonds is 2. The van der Waals surface area contributed by atoms with Crippen molar-refractivity contribution in [2.24, 2.45) is 5.92 Å². The lowest BCUT2D eigenvalue weighted by Gasteiger charge is -1.95. The SMILES string of the molecule is CCC#CC(C)CC(=O)O. The fourth-order valence-electron chi connectivity index (χ4n) is 0.589. The zero-order valence-corrected chi connectivity index (χ0v) is 6.35. The van der Waals surface area contributed by atoms with Crippen LogP contribution in [0.15, 0.2) is 0 Å². The van der Waals surface area contributed by atoms with Gasteiger partial charge in [0.05, 0.1) is 6.42 Å². The first-order chi connectivity index (χ1) is 4.66. The lowest BCUT2D eigenvalue weighted by molar-refractivity contribution is -0.137. The molecule has 0 aromatic heterocycles. The van der Waals surface area contributed by atoms with Gasteiger partial charge in [0.15, 0.2) is 0 Å². The molecule has 10 heavy (non-hydrogen) atoms. The molecule has 0 rings (SSSR count). The van der Waals surface area contributed by atoms with Gasteiger partial charge in [-0.2, -0.15) is 0 Å². The maximum absolute atomic E-state index is 10.1. The summed E-state index contributed by atoms with van der Waals surface area (Å²) in [7, 11) is 0. The summed E-state index contributed by atoms with van der Waals surface area (Å²) in [5.41, 5.74) is 0. The molecule has 0 amide bonds. The molecule has 2 nitrogen and oxygen atoms in total. The predicted molar refractivity (Wildman–Crippen MR) is 39.5 cm³/mol. The van der Waals surface area contributed by atoms with Crippen LogP contribution < -0.4 is 0 Å². The Balaban J connectivity index is 3.63. The first-order valence-electron chi connectivity index (χ1n) is 3.37. The van der Waals surface area contributed by atoms with Crippen LogP contribution >= 0.6 is 0 Å². The van der Waals surface area contributed by atoms with Crippen LogP contribution in [0, 0.1) is 17.8 Å². The van der Waals surface area contributed by atoms with Gasteiger partial charge in [0.25, 0.3) is 0 Å². The summed E-state index contributed by atoms with van der Waals surface area (Å²) in [5, 5.41) is 8.32. The number of carbonyl (C=O) groups is 1. The van der Waals surface area contributed by atoms with Gasteiger partial charge in [0.1, 0.15) is 0 Å². The number of carboxylic acid groups (broad SMARTS) is 1. The van der Waals surface area contributed by atoms with Gasteiger partial charge < -0.3 is 5.11 Å². The second-order valence-electron chi connectivity index (χ2n) is 2.17. The van der Waals surface area contributed by atoms with Gasteiger partial charge in [-0.1, -0.05) is 19.8 Å². The molecule has 0 aromatic carbocycles. The summed E-state index contributed by atoms with van der Waals surface area (Å²) in [6.45, 7) is 3.76. The van der Waals surface area contributed by atoms with Crippen molar-refractivity contribution < 1.29 is 9.90 Å². The van der Waals surface area contributed by atoms with Gasteiger partial charge in [0, 0.05) is 12.3 Å². The third-order valence-electron chi connectivity index (χ3n) is 1.01. The fourth-order valence-corrected chi connectivity index (χ4v) is 0.589. The standard InChI is InChI=1S/C8H12O2/c1-3-4-5-7(2)6-8(9)10/h7H,3,6H2,1-2H3,(H,9,10). The molecule has 0 saturated heterocycles. The zero-order valence-electron chi connectivity index (χ0n) is 6.35.